The van der Waals surface area contributed by atoms with E-state index >= 15 is 0 Å². The van der Waals surface area contributed by atoms with E-state index in [2.05, 4.69) is 5.32 Å². The Morgan fingerprint density at radius 1 is 0.881 bits per heavy atom. The standard InChI is InChI=1S/C35H36FN3O3/c1-24(2)22-37-34(41)31(21-25-9-4-3-5-10-25)39(23-26-16-18-28(36)19-17-26)32(40)15-8-20-38-30-14-7-12-27-11-6-13-29(33(27)30)35(38)42/h3-7,9-14,16-19,24,31H,8,15,20-23H2,1-2H3,(H,37,41). The number of nitrogens with zero attached hydrogens (tertiary/aromatic N) is 2. The van der Waals surface area contributed by atoms with Crippen molar-refractivity contribution in [2.45, 2.75) is 45.7 Å². The lowest BCUT2D eigenvalue weighted by Crippen LogP contribution is -2.51. The Morgan fingerprint density at radius 3 is 2.31 bits per heavy atom. The second-order valence-electron chi connectivity index (χ2n) is 11.2. The lowest BCUT2D eigenvalue weighted by Gasteiger charge is -2.32. The Balaban J connectivity index is 1.37. The van der Waals surface area contributed by atoms with Crippen LogP contribution in [0.25, 0.3) is 10.8 Å². The zero-order valence-corrected chi connectivity index (χ0v) is 24.1. The van der Waals surface area contributed by atoms with Gasteiger partial charge in [-0.1, -0.05) is 80.6 Å². The summed E-state index contributed by atoms with van der Waals surface area (Å²) < 4.78 is 13.7. The number of halogens is 1. The number of benzene rings is 4. The summed E-state index contributed by atoms with van der Waals surface area (Å²) in [5.41, 5.74) is 3.21. The molecule has 0 radical (unpaired) electrons. The number of anilines is 1. The smallest absolute Gasteiger partial charge is 0.258 e. The van der Waals surface area contributed by atoms with Crippen LogP contribution in [0.2, 0.25) is 0 Å². The van der Waals surface area contributed by atoms with Crippen LogP contribution in [0.3, 0.4) is 0 Å². The third kappa shape index (κ3) is 6.51. The first kappa shape index (κ1) is 29.0. The highest BCUT2D eigenvalue weighted by Crippen LogP contribution is 2.37. The van der Waals surface area contributed by atoms with Crippen LogP contribution < -0.4 is 10.2 Å². The molecule has 0 spiro atoms. The molecule has 1 atom stereocenters. The number of hydrogen-bond donors (Lipinski definition) is 1. The Bertz CT molecular complexity index is 1560. The summed E-state index contributed by atoms with van der Waals surface area (Å²) in [5.74, 6) is -0.591. The van der Waals surface area contributed by atoms with Gasteiger partial charge in [0.2, 0.25) is 11.8 Å². The second-order valence-corrected chi connectivity index (χ2v) is 11.2. The number of rotatable bonds is 12. The Kier molecular flexibility index (Phi) is 8.96. The molecular formula is C35H36FN3O3. The van der Waals surface area contributed by atoms with Crippen LogP contribution in [-0.4, -0.2) is 41.8 Å². The van der Waals surface area contributed by atoms with Crippen molar-refractivity contribution in [1.82, 2.24) is 10.2 Å². The first-order valence-corrected chi connectivity index (χ1v) is 14.5. The molecule has 0 saturated carbocycles. The van der Waals surface area contributed by atoms with E-state index in [1.54, 1.807) is 21.9 Å². The van der Waals surface area contributed by atoms with Gasteiger partial charge in [-0.2, -0.15) is 0 Å². The number of carbonyl (C=O) groups excluding carboxylic acids is 3. The van der Waals surface area contributed by atoms with Crippen LogP contribution in [-0.2, 0) is 22.6 Å². The molecule has 1 aliphatic heterocycles. The van der Waals surface area contributed by atoms with E-state index in [1.807, 2.05) is 80.6 Å². The summed E-state index contributed by atoms with van der Waals surface area (Å²) in [4.78, 5) is 44.1. The maximum Gasteiger partial charge on any atom is 0.258 e. The molecule has 0 saturated heterocycles. The van der Waals surface area contributed by atoms with E-state index in [9.17, 15) is 18.8 Å². The maximum atomic E-state index is 13.9. The van der Waals surface area contributed by atoms with Crippen molar-refractivity contribution in [2.24, 2.45) is 5.92 Å². The van der Waals surface area contributed by atoms with Crippen molar-refractivity contribution in [2.75, 3.05) is 18.0 Å². The average Bonchev–Trinajstić information content (AvgIpc) is 3.27. The minimum Gasteiger partial charge on any atom is -0.354 e. The number of hydrogen-bond acceptors (Lipinski definition) is 3. The van der Waals surface area contributed by atoms with Gasteiger partial charge in [-0.25, -0.2) is 4.39 Å². The first-order valence-electron chi connectivity index (χ1n) is 14.5. The van der Waals surface area contributed by atoms with Crippen LogP contribution in [0.1, 0.15) is 48.2 Å². The highest BCUT2D eigenvalue weighted by Gasteiger charge is 2.32. The molecule has 0 fully saturated rings. The molecule has 0 aliphatic carbocycles. The van der Waals surface area contributed by atoms with Crippen molar-refractivity contribution in [3.63, 3.8) is 0 Å². The third-order valence-corrected chi connectivity index (χ3v) is 7.64. The largest absolute Gasteiger partial charge is 0.354 e. The van der Waals surface area contributed by atoms with Gasteiger partial charge in [0.25, 0.3) is 5.91 Å². The van der Waals surface area contributed by atoms with E-state index < -0.39 is 6.04 Å². The van der Waals surface area contributed by atoms with Crippen LogP contribution in [0.5, 0.6) is 0 Å². The van der Waals surface area contributed by atoms with Gasteiger partial charge in [-0.3, -0.25) is 14.4 Å². The molecule has 4 aromatic rings. The molecule has 5 rings (SSSR count). The quantitative estimate of drug-likeness (QED) is 0.225. The van der Waals surface area contributed by atoms with Gasteiger partial charge in [0.1, 0.15) is 11.9 Å². The maximum absolute atomic E-state index is 13.9. The zero-order valence-electron chi connectivity index (χ0n) is 24.1. The van der Waals surface area contributed by atoms with Gasteiger partial charge in [0.15, 0.2) is 0 Å². The lowest BCUT2D eigenvalue weighted by molar-refractivity contribution is -0.141. The van der Waals surface area contributed by atoms with Crippen molar-refractivity contribution in [1.29, 1.82) is 0 Å². The Morgan fingerprint density at radius 2 is 1.60 bits per heavy atom. The number of amides is 3. The molecule has 4 aromatic carbocycles. The summed E-state index contributed by atoms with van der Waals surface area (Å²) in [6.07, 6.45) is 0.931. The fourth-order valence-electron chi connectivity index (χ4n) is 5.50. The first-order chi connectivity index (χ1) is 20.3. The molecule has 6 nitrogen and oxygen atoms in total. The summed E-state index contributed by atoms with van der Waals surface area (Å²) in [5, 5.41) is 4.97. The average molecular weight is 566 g/mol. The SMILES string of the molecule is CC(C)CNC(=O)C(Cc1ccccc1)N(Cc1ccc(F)cc1)C(=O)CCCN1C(=O)c2cccc3cccc1c23. The van der Waals surface area contributed by atoms with Gasteiger partial charge in [-0.15, -0.1) is 0 Å². The Hall–Kier alpha value is -4.52. The van der Waals surface area contributed by atoms with Crippen LogP contribution in [0.15, 0.2) is 91.0 Å². The highest BCUT2D eigenvalue weighted by atomic mass is 19.1. The van der Waals surface area contributed by atoms with Gasteiger partial charge in [0.05, 0.1) is 5.69 Å². The molecule has 42 heavy (non-hydrogen) atoms. The number of nitrogens with one attached hydrogen (secondary N) is 1. The molecule has 1 heterocycles. The summed E-state index contributed by atoms with van der Waals surface area (Å²) >= 11 is 0. The van der Waals surface area contributed by atoms with Gasteiger partial charge < -0.3 is 15.1 Å². The molecule has 1 unspecified atom stereocenters. The second kappa shape index (κ2) is 13.0. The fraction of sp³-hybridized carbons (Fsp3) is 0.286. The summed E-state index contributed by atoms with van der Waals surface area (Å²) in [6.45, 7) is 5.08. The minimum absolute atomic E-state index is 0.0626. The monoisotopic (exact) mass is 565 g/mol. The molecular weight excluding hydrogens is 529 g/mol. The molecule has 7 heteroatoms. The van der Waals surface area contributed by atoms with Crippen LogP contribution in [0, 0.1) is 11.7 Å². The van der Waals surface area contributed by atoms with E-state index in [4.69, 9.17) is 0 Å². The predicted molar refractivity (Wildman–Crippen MR) is 164 cm³/mol. The summed E-state index contributed by atoms with van der Waals surface area (Å²) in [7, 11) is 0. The lowest BCUT2D eigenvalue weighted by atomic mass is 10.0. The van der Waals surface area contributed by atoms with E-state index in [-0.39, 0.29) is 42.4 Å². The van der Waals surface area contributed by atoms with Crippen molar-refractivity contribution in [3.8, 4) is 0 Å². The van der Waals surface area contributed by atoms with Crippen LogP contribution in [0.4, 0.5) is 10.1 Å². The zero-order chi connectivity index (χ0) is 29.6. The van der Waals surface area contributed by atoms with E-state index in [1.165, 1.54) is 12.1 Å². The molecule has 0 aromatic heterocycles. The third-order valence-electron chi connectivity index (χ3n) is 7.64. The van der Waals surface area contributed by atoms with E-state index in [0.29, 0.717) is 31.5 Å². The van der Waals surface area contributed by atoms with Crippen molar-refractivity contribution >= 4 is 34.2 Å². The van der Waals surface area contributed by atoms with Gasteiger partial charge in [-0.05, 0) is 53.1 Å². The normalized spacial score (nSPS) is 13.0. The molecule has 1 aliphatic rings. The molecule has 0 bridgehead atoms. The van der Waals surface area contributed by atoms with Gasteiger partial charge >= 0.3 is 0 Å². The van der Waals surface area contributed by atoms with Crippen LogP contribution >= 0.6 is 0 Å². The molecule has 216 valence electrons. The van der Waals surface area contributed by atoms with Crippen molar-refractivity contribution in [3.05, 3.63) is 114 Å². The van der Waals surface area contributed by atoms with Crippen molar-refractivity contribution < 1.29 is 18.8 Å². The van der Waals surface area contributed by atoms with Gasteiger partial charge in [0, 0.05) is 43.4 Å². The summed E-state index contributed by atoms with van der Waals surface area (Å²) in [6, 6.07) is 26.5. The predicted octanol–water partition coefficient (Wildman–Crippen LogP) is 6.13. The minimum atomic E-state index is -0.755. The number of carbonyl (C=O) groups is 3. The molecule has 1 N–H and O–H groups in total. The highest BCUT2D eigenvalue weighted by molar-refractivity contribution is 6.25. The Labute approximate surface area is 246 Å². The van der Waals surface area contributed by atoms with E-state index in [0.717, 1.165) is 27.6 Å². The topological polar surface area (TPSA) is 69.7 Å². The fourth-order valence-corrected chi connectivity index (χ4v) is 5.50. The molecule has 3 amide bonds.